The van der Waals surface area contributed by atoms with Gasteiger partial charge in [0.15, 0.2) is 12.2 Å². The van der Waals surface area contributed by atoms with E-state index in [0.717, 1.165) is 108 Å². The van der Waals surface area contributed by atoms with Crippen molar-refractivity contribution in [3.05, 3.63) is 0 Å². The van der Waals surface area contributed by atoms with Crippen molar-refractivity contribution < 1.29 is 80.2 Å². The summed E-state index contributed by atoms with van der Waals surface area (Å²) in [6.07, 6.45) is 56.7. The molecular formula is C79H154O17P2. The smallest absolute Gasteiger partial charge is 0.462 e. The van der Waals surface area contributed by atoms with Crippen LogP contribution in [0.4, 0.5) is 0 Å². The molecule has 0 aromatic heterocycles. The number of rotatable bonds is 77. The van der Waals surface area contributed by atoms with Crippen LogP contribution in [-0.4, -0.2) is 96.7 Å². The van der Waals surface area contributed by atoms with Crippen molar-refractivity contribution >= 4 is 39.5 Å². The summed E-state index contributed by atoms with van der Waals surface area (Å²) >= 11 is 0. The molecule has 0 saturated heterocycles. The number of phosphoric acid groups is 2. The average molecular weight is 1440 g/mol. The minimum atomic E-state index is -4.96. The van der Waals surface area contributed by atoms with Crippen LogP contribution >= 0.6 is 15.6 Å². The molecule has 6 atom stereocenters. The lowest BCUT2D eigenvalue weighted by Crippen LogP contribution is -2.30. The molecule has 0 spiro atoms. The minimum Gasteiger partial charge on any atom is -0.462 e. The highest BCUT2D eigenvalue weighted by Gasteiger charge is 2.30. The maximum atomic E-state index is 13.1. The summed E-state index contributed by atoms with van der Waals surface area (Å²) in [4.78, 5) is 73.0. The summed E-state index contributed by atoms with van der Waals surface area (Å²) in [5, 5.41) is 10.6. The molecule has 3 N–H and O–H groups in total. The first-order chi connectivity index (χ1) is 47.3. The van der Waals surface area contributed by atoms with Crippen molar-refractivity contribution in [2.75, 3.05) is 39.6 Å². The Kier molecular flexibility index (Phi) is 68.1. The van der Waals surface area contributed by atoms with E-state index < -0.39 is 97.5 Å². The molecule has 0 aromatic carbocycles. The summed E-state index contributed by atoms with van der Waals surface area (Å²) in [6.45, 7) is 12.0. The van der Waals surface area contributed by atoms with Crippen LogP contribution in [0.1, 0.15) is 408 Å². The predicted octanol–water partition coefficient (Wildman–Crippen LogP) is 23.4. The van der Waals surface area contributed by atoms with E-state index in [0.29, 0.717) is 25.7 Å². The largest absolute Gasteiger partial charge is 0.472 e. The highest BCUT2D eigenvalue weighted by atomic mass is 31.2. The number of carbonyl (C=O) groups is 4. The number of ether oxygens (including phenoxy) is 4. The molecule has 0 heterocycles. The van der Waals surface area contributed by atoms with E-state index in [9.17, 15) is 43.2 Å². The van der Waals surface area contributed by atoms with E-state index in [2.05, 4.69) is 48.5 Å². The highest BCUT2D eigenvalue weighted by Crippen LogP contribution is 2.45. The van der Waals surface area contributed by atoms with Crippen LogP contribution in [0.2, 0.25) is 0 Å². The van der Waals surface area contributed by atoms with Crippen molar-refractivity contribution in [3.63, 3.8) is 0 Å². The number of unbranched alkanes of at least 4 members (excludes halogenated alkanes) is 44. The first-order valence-corrected chi connectivity index (χ1v) is 43.9. The van der Waals surface area contributed by atoms with Crippen LogP contribution in [0, 0.1) is 17.8 Å². The Morgan fingerprint density at radius 2 is 0.520 bits per heavy atom. The van der Waals surface area contributed by atoms with Gasteiger partial charge in [-0.15, -0.1) is 0 Å². The monoisotopic (exact) mass is 1440 g/mol. The Labute approximate surface area is 600 Å². The van der Waals surface area contributed by atoms with Gasteiger partial charge in [0.05, 0.1) is 26.4 Å². The summed E-state index contributed by atoms with van der Waals surface area (Å²) in [7, 11) is -9.92. The zero-order valence-corrected chi connectivity index (χ0v) is 66.0. The number of aliphatic hydroxyl groups is 1. The molecule has 0 bridgehead atoms. The minimum absolute atomic E-state index is 0.106. The van der Waals surface area contributed by atoms with Crippen molar-refractivity contribution in [3.8, 4) is 0 Å². The van der Waals surface area contributed by atoms with Gasteiger partial charge in [-0.05, 0) is 43.4 Å². The standard InChI is InChI=1S/C79H154O17P2/c1-8-10-11-12-13-14-15-16-17-21-26-31-39-46-53-60-76(81)89-66-74(95-78(83)62-55-48-41-32-27-22-19-18-20-24-29-36-43-50-57-70(3)4)68-93-97(85,86)91-64-73(80)65-92-98(87,88)94-69-75(67-90-77(82)61-54-47-40-35-34-38-45-52-59-72(7)9-2)96-79(84)63-56-49-42-33-28-23-25-30-37-44-51-58-71(5)6/h70-75,80H,8-69H2,1-7H3,(H,85,86)(H,87,88)/t72?,73-,74-,75-/m1/s1. The number of esters is 4. The maximum Gasteiger partial charge on any atom is 0.472 e. The summed E-state index contributed by atoms with van der Waals surface area (Å²) in [5.41, 5.74) is 0. The lowest BCUT2D eigenvalue weighted by Gasteiger charge is -2.21. The van der Waals surface area contributed by atoms with Gasteiger partial charge in [0.25, 0.3) is 0 Å². The molecule has 17 nitrogen and oxygen atoms in total. The number of aliphatic hydroxyl groups excluding tert-OH is 1. The number of hydrogen-bond acceptors (Lipinski definition) is 15. The van der Waals surface area contributed by atoms with Crippen LogP contribution < -0.4 is 0 Å². The first-order valence-electron chi connectivity index (χ1n) is 40.9. The van der Waals surface area contributed by atoms with E-state index in [-0.39, 0.29) is 25.7 Å². The van der Waals surface area contributed by atoms with Crippen LogP contribution in [0.25, 0.3) is 0 Å². The first kappa shape index (κ1) is 96.1. The number of phosphoric ester groups is 2. The zero-order chi connectivity index (χ0) is 72.3. The highest BCUT2D eigenvalue weighted by molar-refractivity contribution is 7.47. The van der Waals surface area contributed by atoms with Gasteiger partial charge in [0.1, 0.15) is 19.3 Å². The molecule has 19 heteroatoms. The maximum absolute atomic E-state index is 13.1. The van der Waals surface area contributed by atoms with Crippen LogP contribution in [0.5, 0.6) is 0 Å². The molecule has 0 amide bonds. The third-order valence-electron chi connectivity index (χ3n) is 18.7. The predicted molar refractivity (Wildman–Crippen MR) is 400 cm³/mol. The molecule has 0 fully saturated rings. The molecule has 0 aliphatic heterocycles. The van der Waals surface area contributed by atoms with Gasteiger partial charge in [-0.1, -0.05) is 357 Å². The van der Waals surface area contributed by atoms with Crippen molar-refractivity contribution in [2.24, 2.45) is 17.8 Å². The van der Waals surface area contributed by atoms with Crippen LogP contribution in [0.15, 0.2) is 0 Å². The van der Waals surface area contributed by atoms with Crippen molar-refractivity contribution in [1.29, 1.82) is 0 Å². The molecule has 0 aliphatic rings. The molecule has 0 rings (SSSR count). The Balaban J connectivity index is 5.27. The Bertz CT molecular complexity index is 1910. The molecule has 0 saturated carbocycles. The second-order valence-corrected chi connectivity index (χ2v) is 32.6. The van der Waals surface area contributed by atoms with Gasteiger partial charge in [0.2, 0.25) is 0 Å². The molecule has 98 heavy (non-hydrogen) atoms. The van der Waals surface area contributed by atoms with Gasteiger partial charge in [0, 0.05) is 25.7 Å². The van der Waals surface area contributed by atoms with Crippen LogP contribution in [-0.2, 0) is 65.4 Å². The summed E-state index contributed by atoms with van der Waals surface area (Å²) in [6, 6.07) is 0. The fourth-order valence-corrected chi connectivity index (χ4v) is 13.7. The Hall–Kier alpha value is -1.94. The molecular weight excluding hydrogens is 1280 g/mol. The fraction of sp³-hybridized carbons (Fsp3) is 0.949. The number of carbonyl (C=O) groups excluding carboxylic acids is 4. The molecule has 0 radical (unpaired) electrons. The van der Waals surface area contributed by atoms with Gasteiger partial charge in [-0.2, -0.15) is 0 Å². The molecule has 3 unspecified atom stereocenters. The lowest BCUT2D eigenvalue weighted by atomic mass is 9.99. The number of hydrogen-bond donors (Lipinski definition) is 3. The van der Waals surface area contributed by atoms with E-state index >= 15 is 0 Å². The van der Waals surface area contributed by atoms with E-state index in [4.69, 9.17) is 37.0 Å². The van der Waals surface area contributed by atoms with Crippen molar-refractivity contribution in [2.45, 2.75) is 426 Å². The van der Waals surface area contributed by atoms with E-state index in [1.165, 1.54) is 218 Å². The van der Waals surface area contributed by atoms with Crippen LogP contribution in [0.3, 0.4) is 0 Å². The zero-order valence-electron chi connectivity index (χ0n) is 64.3. The third kappa shape index (κ3) is 71.1. The van der Waals surface area contributed by atoms with Gasteiger partial charge < -0.3 is 33.8 Å². The van der Waals surface area contributed by atoms with E-state index in [1.54, 1.807) is 0 Å². The third-order valence-corrected chi connectivity index (χ3v) is 20.6. The second kappa shape index (κ2) is 69.4. The Morgan fingerprint density at radius 1 is 0.296 bits per heavy atom. The summed E-state index contributed by atoms with van der Waals surface area (Å²) in [5.74, 6) is 0.226. The quantitative estimate of drug-likeness (QED) is 0.0222. The summed E-state index contributed by atoms with van der Waals surface area (Å²) < 4.78 is 68.7. The second-order valence-electron chi connectivity index (χ2n) is 29.6. The lowest BCUT2D eigenvalue weighted by molar-refractivity contribution is -0.161. The fourth-order valence-electron chi connectivity index (χ4n) is 12.1. The Morgan fingerprint density at radius 3 is 0.776 bits per heavy atom. The normalized spacial score (nSPS) is 14.3. The van der Waals surface area contributed by atoms with Gasteiger partial charge in [-0.25, -0.2) is 9.13 Å². The SMILES string of the molecule is CCCCCCCCCCCCCCCCCC(=O)OC[C@H](COP(=O)(O)OC[C@@H](O)COP(=O)(O)OC[C@@H](COC(=O)CCCCCCCCCCC(C)CC)OC(=O)CCCCCCCCCCCCCC(C)C)OC(=O)CCCCCCCCCCCCCCCCC(C)C. The molecule has 0 aliphatic carbocycles. The van der Waals surface area contributed by atoms with Gasteiger partial charge in [-0.3, -0.25) is 37.3 Å². The van der Waals surface area contributed by atoms with Crippen molar-refractivity contribution in [1.82, 2.24) is 0 Å². The average Bonchev–Trinajstić information content (AvgIpc) is 1.07. The topological polar surface area (TPSA) is 237 Å². The molecule has 582 valence electrons. The van der Waals surface area contributed by atoms with Gasteiger partial charge >= 0.3 is 39.5 Å². The molecule has 0 aromatic rings. The van der Waals surface area contributed by atoms with E-state index in [1.807, 2.05) is 0 Å².